The molecule has 2 aliphatic rings. The molecule has 4 unspecified atom stereocenters. The number of ether oxygens (including phenoxy) is 1. The fourth-order valence-corrected chi connectivity index (χ4v) is 5.90. The number of carbonyl (C=O) groups excluding carboxylic acids is 2. The number of benzene rings is 2. The van der Waals surface area contributed by atoms with Crippen LogP contribution < -0.4 is 5.32 Å². The van der Waals surface area contributed by atoms with Gasteiger partial charge in [-0.2, -0.15) is 5.10 Å². The maximum atomic E-state index is 14.2. The summed E-state index contributed by atoms with van der Waals surface area (Å²) in [5, 5.41) is 10.4. The van der Waals surface area contributed by atoms with Crippen LogP contribution in [0.5, 0.6) is 0 Å². The van der Waals surface area contributed by atoms with E-state index in [1.54, 1.807) is 6.20 Å². The SMILES string of the molecule is COC(=O)C12C(NCCN(C)C)C(C(=O)CCc3ccccn3)=NN1C(c1ccccc1)C=CC2c1ccccc1. The van der Waals surface area contributed by atoms with Gasteiger partial charge in [-0.15, -0.1) is 0 Å². The first-order valence-corrected chi connectivity index (χ1v) is 14.0. The Morgan fingerprint density at radius 2 is 1.63 bits per heavy atom. The van der Waals surface area contributed by atoms with E-state index in [-0.39, 0.29) is 18.2 Å². The lowest BCUT2D eigenvalue weighted by atomic mass is 9.69. The van der Waals surface area contributed by atoms with Crippen LogP contribution in [-0.2, 0) is 20.7 Å². The Morgan fingerprint density at radius 3 is 2.27 bits per heavy atom. The number of aryl methyl sites for hydroxylation is 1. The predicted molar refractivity (Wildman–Crippen MR) is 159 cm³/mol. The third-order valence-corrected chi connectivity index (χ3v) is 7.87. The molecule has 3 aromatic rings. The Bertz CT molecular complexity index is 1390. The summed E-state index contributed by atoms with van der Waals surface area (Å²) in [4.78, 5) is 34.7. The molecule has 0 spiro atoms. The van der Waals surface area contributed by atoms with Crippen molar-refractivity contribution in [3.63, 3.8) is 0 Å². The smallest absolute Gasteiger partial charge is 0.336 e. The molecule has 8 nitrogen and oxygen atoms in total. The van der Waals surface area contributed by atoms with E-state index in [0.717, 1.165) is 23.4 Å². The largest absolute Gasteiger partial charge is 0.467 e. The van der Waals surface area contributed by atoms with Crippen molar-refractivity contribution < 1.29 is 14.3 Å². The summed E-state index contributed by atoms with van der Waals surface area (Å²) in [5.41, 5.74) is 1.77. The molecule has 4 atom stereocenters. The first-order chi connectivity index (χ1) is 20.0. The second-order valence-electron chi connectivity index (χ2n) is 10.7. The Hall–Kier alpha value is -4.14. The minimum absolute atomic E-state index is 0.116. The number of nitrogens with zero attached hydrogens (tertiary/aromatic N) is 4. The number of hydrogen-bond donors (Lipinski definition) is 1. The van der Waals surface area contributed by atoms with E-state index in [1.807, 2.05) is 98.0 Å². The summed E-state index contributed by atoms with van der Waals surface area (Å²) >= 11 is 0. The molecule has 5 rings (SSSR count). The van der Waals surface area contributed by atoms with E-state index < -0.39 is 23.5 Å². The van der Waals surface area contributed by atoms with Crippen LogP contribution in [0.1, 0.15) is 35.2 Å². The van der Waals surface area contributed by atoms with Gasteiger partial charge in [-0.3, -0.25) is 14.8 Å². The van der Waals surface area contributed by atoms with E-state index in [9.17, 15) is 9.59 Å². The number of hydrazone groups is 1. The summed E-state index contributed by atoms with van der Waals surface area (Å²) in [6, 6.07) is 24.5. The van der Waals surface area contributed by atoms with Crippen molar-refractivity contribution in [3.8, 4) is 0 Å². The van der Waals surface area contributed by atoms with Crippen molar-refractivity contribution >= 4 is 17.5 Å². The number of ketones is 1. The van der Waals surface area contributed by atoms with Crippen LogP contribution in [0, 0.1) is 0 Å². The summed E-state index contributed by atoms with van der Waals surface area (Å²) < 4.78 is 5.59. The molecule has 1 aromatic heterocycles. The zero-order chi connectivity index (χ0) is 28.8. The molecule has 0 saturated carbocycles. The van der Waals surface area contributed by atoms with Gasteiger partial charge in [-0.1, -0.05) is 78.9 Å². The molecule has 212 valence electrons. The first kappa shape index (κ1) is 28.4. The molecule has 41 heavy (non-hydrogen) atoms. The molecule has 1 N–H and O–H groups in total. The molecule has 2 aliphatic heterocycles. The lowest BCUT2D eigenvalue weighted by molar-refractivity contribution is -0.158. The number of esters is 1. The zero-order valence-electron chi connectivity index (χ0n) is 23.8. The lowest BCUT2D eigenvalue weighted by Gasteiger charge is -2.49. The van der Waals surface area contributed by atoms with Gasteiger partial charge < -0.3 is 15.0 Å². The van der Waals surface area contributed by atoms with Crippen LogP contribution in [0.15, 0.2) is 102 Å². The highest BCUT2D eigenvalue weighted by Crippen LogP contribution is 2.50. The van der Waals surface area contributed by atoms with Crippen molar-refractivity contribution in [2.45, 2.75) is 36.4 Å². The van der Waals surface area contributed by atoms with Crippen LogP contribution in [-0.4, -0.2) is 78.2 Å². The van der Waals surface area contributed by atoms with E-state index >= 15 is 0 Å². The Balaban J connectivity index is 1.64. The summed E-state index contributed by atoms with van der Waals surface area (Å²) in [6.07, 6.45) is 6.60. The molecule has 0 bridgehead atoms. The number of methoxy groups -OCH3 is 1. The van der Waals surface area contributed by atoms with Crippen molar-refractivity contribution in [2.24, 2.45) is 5.10 Å². The number of fused-ring (bicyclic) bond motifs is 1. The highest BCUT2D eigenvalue weighted by atomic mass is 16.5. The number of Topliss-reactive ketones (excluding diaryl/α,β-unsaturated/α-hetero) is 1. The van der Waals surface area contributed by atoms with Gasteiger partial charge in [0.25, 0.3) is 0 Å². The third-order valence-electron chi connectivity index (χ3n) is 7.87. The van der Waals surface area contributed by atoms with Gasteiger partial charge >= 0.3 is 5.97 Å². The average Bonchev–Trinajstić information content (AvgIpc) is 3.36. The van der Waals surface area contributed by atoms with Crippen molar-refractivity contribution in [1.82, 2.24) is 20.2 Å². The van der Waals surface area contributed by atoms with Crippen molar-refractivity contribution in [1.29, 1.82) is 0 Å². The molecule has 0 aliphatic carbocycles. The number of rotatable bonds is 11. The summed E-state index contributed by atoms with van der Waals surface area (Å²) in [7, 11) is 5.39. The summed E-state index contributed by atoms with van der Waals surface area (Å²) in [6.45, 7) is 1.27. The van der Waals surface area contributed by atoms with Gasteiger partial charge in [0.2, 0.25) is 0 Å². The number of hydrogen-bond acceptors (Lipinski definition) is 8. The van der Waals surface area contributed by atoms with Gasteiger partial charge in [-0.25, -0.2) is 4.79 Å². The maximum absolute atomic E-state index is 14.2. The molecular formula is C33H37N5O3. The average molecular weight is 552 g/mol. The second kappa shape index (κ2) is 12.6. The number of aromatic nitrogens is 1. The highest BCUT2D eigenvalue weighted by molar-refractivity contribution is 6.43. The van der Waals surface area contributed by atoms with E-state index in [1.165, 1.54) is 7.11 Å². The van der Waals surface area contributed by atoms with Gasteiger partial charge in [0.15, 0.2) is 11.3 Å². The van der Waals surface area contributed by atoms with Crippen molar-refractivity contribution in [2.75, 3.05) is 34.3 Å². The van der Waals surface area contributed by atoms with Crippen LogP contribution >= 0.6 is 0 Å². The quantitative estimate of drug-likeness (QED) is 0.287. The third kappa shape index (κ3) is 5.58. The topological polar surface area (TPSA) is 87.1 Å². The second-order valence-corrected chi connectivity index (χ2v) is 10.7. The molecule has 0 saturated heterocycles. The van der Waals surface area contributed by atoms with Crippen molar-refractivity contribution in [3.05, 3.63) is 114 Å². The van der Waals surface area contributed by atoms with Crippen LogP contribution in [0.3, 0.4) is 0 Å². The Labute approximate surface area is 241 Å². The van der Waals surface area contributed by atoms with E-state index in [0.29, 0.717) is 18.7 Å². The molecule has 0 fully saturated rings. The van der Waals surface area contributed by atoms with Gasteiger partial charge in [-0.05, 0) is 43.8 Å². The Morgan fingerprint density at radius 1 is 0.951 bits per heavy atom. The molecule has 3 heterocycles. The Kier molecular flexibility index (Phi) is 8.71. The number of pyridine rings is 1. The molecular weight excluding hydrogens is 514 g/mol. The normalized spacial score (nSPS) is 23.3. The van der Waals surface area contributed by atoms with Gasteiger partial charge in [0, 0.05) is 37.3 Å². The van der Waals surface area contributed by atoms with Gasteiger partial charge in [0.05, 0.1) is 19.2 Å². The maximum Gasteiger partial charge on any atom is 0.336 e. The molecule has 0 amide bonds. The minimum atomic E-state index is -1.33. The molecule has 2 aromatic carbocycles. The van der Waals surface area contributed by atoms with Crippen LogP contribution in [0.25, 0.3) is 0 Å². The monoisotopic (exact) mass is 551 g/mol. The van der Waals surface area contributed by atoms with Crippen LogP contribution in [0.4, 0.5) is 0 Å². The first-order valence-electron chi connectivity index (χ1n) is 14.0. The van der Waals surface area contributed by atoms with Gasteiger partial charge in [0.1, 0.15) is 5.71 Å². The van der Waals surface area contributed by atoms with Crippen LogP contribution in [0.2, 0.25) is 0 Å². The number of likely N-dealkylation sites (N-methyl/N-ethyl adjacent to an activating group) is 1. The lowest BCUT2D eigenvalue weighted by Crippen LogP contribution is -2.68. The number of carbonyl (C=O) groups is 2. The minimum Gasteiger partial charge on any atom is -0.467 e. The van der Waals surface area contributed by atoms with E-state index in [4.69, 9.17) is 9.84 Å². The fraction of sp³-hybridized carbons (Fsp3) is 0.333. The predicted octanol–water partition coefficient (Wildman–Crippen LogP) is 3.78. The summed E-state index contributed by atoms with van der Waals surface area (Å²) in [5.74, 6) is -0.970. The number of nitrogens with one attached hydrogen (secondary N) is 1. The molecule has 8 heteroatoms. The van der Waals surface area contributed by atoms with E-state index in [2.05, 4.69) is 27.4 Å². The molecule has 0 radical (unpaired) electrons. The standard InChI is InChI=1S/C33H37N5O3/c1-37(2)23-22-35-31-30(29(39)20-17-26-16-10-11-21-34-26)36-38-28(25-14-8-5-9-15-25)19-18-27(24-12-6-4-7-13-24)33(31,38)32(40)41-3/h4-16,18-19,21,27-28,31,35H,17,20,22-23H2,1-3H3. The zero-order valence-corrected chi connectivity index (χ0v) is 23.8. The fourth-order valence-electron chi connectivity index (χ4n) is 5.90. The highest BCUT2D eigenvalue weighted by Gasteiger charge is 2.65.